The van der Waals surface area contributed by atoms with Crippen LogP contribution < -0.4 is 5.32 Å². The van der Waals surface area contributed by atoms with Crippen LogP contribution in [0.1, 0.15) is 41.8 Å². The summed E-state index contributed by atoms with van der Waals surface area (Å²) in [6.45, 7) is 3.00. The molecule has 0 aliphatic carbocycles. The number of thiophene rings is 1. The molecule has 3 aromatic rings. The summed E-state index contributed by atoms with van der Waals surface area (Å²) in [6, 6.07) is 4.87. The van der Waals surface area contributed by atoms with E-state index in [1.807, 2.05) is 24.1 Å². The van der Waals surface area contributed by atoms with Crippen LogP contribution in [0.3, 0.4) is 0 Å². The number of aromatic nitrogens is 3. The molecule has 0 aromatic carbocycles. The number of nitrogens with zero attached hydrogens (tertiary/aromatic N) is 3. The highest BCUT2D eigenvalue weighted by Crippen LogP contribution is 2.50. The third kappa shape index (κ3) is 2.59. The van der Waals surface area contributed by atoms with Gasteiger partial charge >= 0.3 is 0 Å². The van der Waals surface area contributed by atoms with Crippen LogP contribution in [-0.2, 0) is 23.8 Å². The van der Waals surface area contributed by atoms with Gasteiger partial charge in [-0.15, -0.1) is 11.3 Å². The van der Waals surface area contributed by atoms with Crippen LogP contribution in [0.4, 0.5) is 0 Å². The molecule has 2 aliphatic rings. The van der Waals surface area contributed by atoms with Crippen molar-refractivity contribution in [1.82, 2.24) is 20.1 Å². The van der Waals surface area contributed by atoms with Gasteiger partial charge in [0.15, 0.2) is 5.65 Å². The monoisotopic (exact) mass is 388 g/mol. The van der Waals surface area contributed by atoms with E-state index >= 15 is 0 Å². The van der Waals surface area contributed by atoms with Gasteiger partial charge in [0.1, 0.15) is 5.60 Å². The summed E-state index contributed by atoms with van der Waals surface area (Å²) < 4.78 is 9.10. The molecule has 0 radical (unpaired) electrons. The molecule has 1 saturated heterocycles. The molecule has 0 amide bonds. The zero-order valence-electron chi connectivity index (χ0n) is 14.8. The lowest BCUT2D eigenvalue weighted by atomic mass is 9.78. The Balaban J connectivity index is 1.54. The van der Waals surface area contributed by atoms with Crippen LogP contribution in [0.5, 0.6) is 0 Å². The highest BCUT2D eigenvalue weighted by molar-refractivity contribution is 7.16. The Hall–Kier alpha value is -1.47. The normalized spacial score (nSPS) is 28.6. The molecule has 3 unspecified atom stereocenters. The van der Waals surface area contributed by atoms with Crippen LogP contribution >= 0.6 is 22.9 Å². The van der Waals surface area contributed by atoms with E-state index in [9.17, 15) is 0 Å². The van der Waals surface area contributed by atoms with Crippen LogP contribution in [-0.4, -0.2) is 27.4 Å². The summed E-state index contributed by atoms with van der Waals surface area (Å²) in [7, 11) is 1.92. The molecule has 26 heavy (non-hydrogen) atoms. The molecule has 0 bridgehead atoms. The number of piperidine rings is 1. The summed E-state index contributed by atoms with van der Waals surface area (Å²) in [4.78, 5) is 5.95. The average molecular weight is 389 g/mol. The Kier molecular flexibility index (Phi) is 3.87. The van der Waals surface area contributed by atoms with Crippen molar-refractivity contribution in [3.05, 3.63) is 44.9 Å². The summed E-state index contributed by atoms with van der Waals surface area (Å²) in [6.07, 6.45) is 6.67. The van der Waals surface area contributed by atoms with Gasteiger partial charge in [0, 0.05) is 42.0 Å². The number of aryl methyl sites for hydroxylation is 1. The molecule has 1 spiro atoms. The maximum atomic E-state index is 6.43. The Morgan fingerprint density at radius 3 is 3.12 bits per heavy atom. The first-order valence-corrected chi connectivity index (χ1v) is 10.2. The van der Waals surface area contributed by atoms with Crippen molar-refractivity contribution in [2.45, 2.75) is 43.9 Å². The molecule has 136 valence electrons. The van der Waals surface area contributed by atoms with E-state index in [1.165, 1.54) is 16.0 Å². The van der Waals surface area contributed by atoms with Crippen molar-refractivity contribution in [2.24, 2.45) is 7.05 Å². The number of hydrogen-bond donors (Lipinski definition) is 1. The molecule has 3 aromatic heterocycles. The first-order chi connectivity index (χ1) is 12.5. The van der Waals surface area contributed by atoms with Crippen molar-refractivity contribution in [3.8, 4) is 0 Å². The number of hydrogen-bond acceptors (Lipinski definition) is 5. The molecule has 1 fully saturated rings. The van der Waals surface area contributed by atoms with E-state index in [2.05, 4.69) is 34.5 Å². The fourth-order valence-electron chi connectivity index (χ4n) is 4.53. The molecule has 2 aliphatic heterocycles. The summed E-state index contributed by atoms with van der Waals surface area (Å²) in [5, 5.41) is 9.12. The molecule has 0 saturated carbocycles. The van der Waals surface area contributed by atoms with Crippen LogP contribution in [0, 0.1) is 0 Å². The predicted molar refractivity (Wildman–Crippen MR) is 104 cm³/mol. The number of fused-ring (bicyclic) bond motifs is 3. The fraction of sp³-hybridized carbons (Fsp3) is 0.474. The fourth-order valence-corrected chi connectivity index (χ4v) is 5.99. The first-order valence-electron chi connectivity index (χ1n) is 9.00. The van der Waals surface area contributed by atoms with Crippen molar-refractivity contribution in [2.75, 3.05) is 6.61 Å². The standard InChI is InChI=1S/C19H21ClN4OS/c1-11-7-19(17-12(3-4-25-19)6-16(20)26-17)8-15(23-11)13-5-14-10-22-24(2)18(14)21-9-13/h5-6,9-11,15,23H,3-4,7-8H2,1-2H3. The molecular weight excluding hydrogens is 368 g/mol. The van der Waals surface area contributed by atoms with E-state index in [4.69, 9.17) is 16.3 Å². The predicted octanol–water partition coefficient (Wildman–Crippen LogP) is 3.96. The average Bonchev–Trinajstić information content (AvgIpc) is 3.18. The van der Waals surface area contributed by atoms with Crippen LogP contribution in [0.25, 0.3) is 11.0 Å². The van der Waals surface area contributed by atoms with E-state index in [1.54, 1.807) is 11.3 Å². The molecule has 3 atom stereocenters. The SMILES string of the molecule is CC1CC2(CC(c3cnc4c(cnn4C)c3)N1)OCCc1cc(Cl)sc12. The van der Waals surface area contributed by atoms with E-state index < -0.39 is 0 Å². The minimum atomic E-state index is -0.245. The molecule has 5 rings (SSSR count). The number of pyridine rings is 1. The van der Waals surface area contributed by atoms with E-state index in [0.29, 0.717) is 6.04 Å². The van der Waals surface area contributed by atoms with Crippen molar-refractivity contribution < 1.29 is 4.74 Å². The second-order valence-corrected chi connectivity index (χ2v) is 9.16. The number of halogens is 1. The van der Waals surface area contributed by atoms with E-state index in [0.717, 1.165) is 41.2 Å². The van der Waals surface area contributed by atoms with Crippen molar-refractivity contribution in [1.29, 1.82) is 0 Å². The molecular formula is C19H21ClN4OS. The van der Waals surface area contributed by atoms with Crippen LogP contribution in [0.15, 0.2) is 24.5 Å². The lowest BCUT2D eigenvalue weighted by Gasteiger charge is -2.46. The third-order valence-corrected chi connectivity index (χ3v) is 7.08. The topological polar surface area (TPSA) is 52.0 Å². The quantitative estimate of drug-likeness (QED) is 0.685. The van der Waals surface area contributed by atoms with Gasteiger partial charge < -0.3 is 10.1 Å². The Bertz CT molecular complexity index is 983. The van der Waals surface area contributed by atoms with Crippen molar-refractivity contribution >= 4 is 34.0 Å². The van der Waals surface area contributed by atoms with Gasteiger partial charge in [-0.3, -0.25) is 4.68 Å². The molecule has 5 nitrogen and oxygen atoms in total. The molecule has 5 heterocycles. The lowest BCUT2D eigenvalue weighted by molar-refractivity contribution is -0.0954. The second-order valence-electron chi connectivity index (χ2n) is 7.48. The second kappa shape index (κ2) is 6.02. The number of rotatable bonds is 1. The highest BCUT2D eigenvalue weighted by Gasteiger charge is 2.46. The Morgan fingerprint density at radius 1 is 1.35 bits per heavy atom. The zero-order valence-corrected chi connectivity index (χ0v) is 16.4. The minimum Gasteiger partial charge on any atom is -0.369 e. The first kappa shape index (κ1) is 16.7. The van der Waals surface area contributed by atoms with E-state index in [-0.39, 0.29) is 11.6 Å². The summed E-state index contributed by atoms with van der Waals surface area (Å²) in [5.74, 6) is 0. The molecule has 7 heteroatoms. The Morgan fingerprint density at radius 2 is 2.23 bits per heavy atom. The smallest absolute Gasteiger partial charge is 0.157 e. The lowest BCUT2D eigenvalue weighted by Crippen LogP contribution is -2.49. The minimum absolute atomic E-state index is 0.197. The van der Waals surface area contributed by atoms with Gasteiger partial charge in [0.25, 0.3) is 0 Å². The van der Waals surface area contributed by atoms with Gasteiger partial charge in [-0.25, -0.2) is 4.98 Å². The number of ether oxygens (including phenoxy) is 1. The van der Waals surface area contributed by atoms with Gasteiger partial charge in [0.05, 0.1) is 17.1 Å². The zero-order chi connectivity index (χ0) is 17.9. The molecule has 1 N–H and O–H groups in total. The van der Waals surface area contributed by atoms with Gasteiger partial charge in [-0.1, -0.05) is 11.6 Å². The Labute approximate surface area is 161 Å². The third-order valence-electron chi connectivity index (χ3n) is 5.59. The van der Waals surface area contributed by atoms with Crippen LogP contribution in [0.2, 0.25) is 4.34 Å². The summed E-state index contributed by atoms with van der Waals surface area (Å²) in [5.41, 5.74) is 3.22. The summed E-state index contributed by atoms with van der Waals surface area (Å²) >= 11 is 8.02. The highest BCUT2D eigenvalue weighted by atomic mass is 35.5. The largest absolute Gasteiger partial charge is 0.369 e. The van der Waals surface area contributed by atoms with Crippen molar-refractivity contribution in [3.63, 3.8) is 0 Å². The maximum Gasteiger partial charge on any atom is 0.157 e. The van der Waals surface area contributed by atoms with Gasteiger partial charge in [0.2, 0.25) is 0 Å². The number of nitrogens with one attached hydrogen (secondary N) is 1. The maximum absolute atomic E-state index is 6.43. The van der Waals surface area contributed by atoms with Gasteiger partial charge in [-0.2, -0.15) is 5.10 Å². The van der Waals surface area contributed by atoms with Gasteiger partial charge in [-0.05, 0) is 43.0 Å².